The maximum atomic E-state index is 13.5. The van der Waals surface area contributed by atoms with Gasteiger partial charge in [0, 0.05) is 41.0 Å². The average molecular weight is 783 g/mol. The van der Waals surface area contributed by atoms with Gasteiger partial charge in [0.1, 0.15) is 31.9 Å². The largest absolute Gasteiger partial charge is 0.459 e. The lowest BCUT2D eigenvalue weighted by atomic mass is 10.0. The van der Waals surface area contributed by atoms with Crippen LogP contribution in [-0.2, 0) is 54.8 Å². The highest BCUT2D eigenvalue weighted by atomic mass is 16.6. The van der Waals surface area contributed by atoms with E-state index in [9.17, 15) is 28.8 Å². The Kier molecular flexibility index (Phi) is 16.4. The topological polar surface area (TPSA) is 179 Å². The Morgan fingerprint density at radius 3 is 1.47 bits per heavy atom. The van der Waals surface area contributed by atoms with Gasteiger partial charge in [-0.25, -0.2) is 24.0 Å². The minimum atomic E-state index is -1.28. The fourth-order valence-electron chi connectivity index (χ4n) is 5.00. The van der Waals surface area contributed by atoms with E-state index in [1.165, 1.54) is 50.1 Å². The van der Waals surface area contributed by atoms with Crippen molar-refractivity contribution in [2.45, 2.75) is 51.2 Å². The van der Waals surface area contributed by atoms with Gasteiger partial charge in [0.2, 0.25) is 5.91 Å². The average Bonchev–Trinajstić information content (AvgIpc) is 3.21. The third-order valence-electron chi connectivity index (χ3n) is 8.09. The van der Waals surface area contributed by atoms with Crippen LogP contribution < -0.4 is 20.1 Å². The Labute approximate surface area is 330 Å². The van der Waals surface area contributed by atoms with E-state index in [1.807, 2.05) is 18.2 Å². The van der Waals surface area contributed by atoms with Gasteiger partial charge in [0.25, 0.3) is 0 Å². The number of nitrogens with one attached hydrogen (secondary N) is 2. The normalized spacial score (nSPS) is 11.5. The number of esters is 2. The molecule has 15 heteroatoms. The van der Waals surface area contributed by atoms with Crippen molar-refractivity contribution in [2.75, 3.05) is 28.2 Å². The van der Waals surface area contributed by atoms with Crippen LogP contribution >= 0.6 is 0 Å². The molecule has 15 nitrogen and oxygen atoms in total. The summed E-state index contributed by atoms with van der Waals surface area (Å²) in [5, 5.41) is 5.17. The highest BCUT2D eigenvalue weighted by molar-refractivity contribution is 5.86. The number of benzene rings is 4. The minimum absolute atomic E-state index is 0.0547. The van der Waals surface area contributed by atoms with Crippen molar-refractivity contribution < 1.29 is 52.5 Å². The highest BCUT2D eigenvalue weighted by Crippen LogP contribution is 2.30. The monoisotopic (exact) mass is 782 g/mol. The number of amides is 4. The predicted molar refractivity (Wildman–Crippen MR) is 207 cm³/mol. The minimum Gasteiger partial charge on any atom is -0.459 e. The molecule has 300 valence electrons. The highest BCUT2D eigenvalue weighted by Gasteiger charge is 2.28. The summed E-state index contributed by atoms with van der Waals surface area (Å²) < 4.78 is 27.2. The molecule has 0 aliphatic rings. The van der Waals surface area contributed by atoms with Gasteiger partial charge in [-0.05, 0) is 40.8 Å². The van der Waals surface area contributed by atoms with E-state index in [0.717, 1.165) is 11.1 Å². The lowest BCUT2D eigenvalue weighted by molar-refractivity contribution is -0.150. The summed E-state index contributed by atoms with van der Waals surface area (Å²) in [5.41, 5.74) is 2.57. The van der Waals surface area contributed by atoms with E-state index >= 15 is 0 Å². The van der Waals surface area contributed by atoms with Crippen molar-refractivity contribution in [3.63, 3.8) is 0 Å². The Morgan fingerprint density at radius 1 is 0.526 bits per heavy atom. The molecule has 0 bridgehead atoms. The van der Waals surface area contributed by atoms with E-state index in [-0.39, 0.29) is 50.6 Å². The molecule has 0 unspecified atom stereocenters. The SMILES string of the molecule is CN(C)C(=O)Oc1ccc(C[C@H](NC(=O)CC[C@H](NC(=O)OCc2ccccc2)C(=O)OCc2ccccc2)C(=O)OCc2ccccc2)cc1OC(=O)N(C)C. The first-order valence-electron chi connectivity index (χ1n) is 18.0. The molecule has 2 atom stereocenters. The van der Waals surface area contributed by atoms with Gasteiger partial charge in [-0.15, -0.1) is 0 Å². The second kappa shape index (κ2) is 21.9. The van der Waals surface area contributed by atoms with Crippen molar-refractivity contribution in [3.05, 3.63) is 131 Å². The molecule has 0 radical (unpaired) electrons. The van der Waals surface area contributed by atoms with Crippen LogP contribution in [0, 0.1) is 0 Å². The van der Waals surface area contributed by atoms with E-state index in [1.54, 1.807) is 78.9 Å². The zero-order chi connectivity index (χ0) is 41.2. The molecule has 0 aliphatic carbocycles. The first-order chi connectivity index (χ1) is 27.4. The van der Waals surface area contributed by atoms with Crippen molar-refractivity contribution in [1.29, 1.82) is 0 Å². The standard InChI is InChI=1S/C42H46N4O11/c1-45(2)41(51)56-35-22-20-32(25-36(35)57-42(52)46(3)4)24-34(39(49)54-27-30-16-10-6-11-17-30)43-37(47)23-21-33(38(48)53-26-29-14-8-5-9-15-29)44-40(50)55-28-31-18-12-7-13-19-31/h5-20,22,25,33-34H,21,23-24,26-28H2,1-4H3,(H,43,47)(H,44,50)/t33-,34-/m0/s1. The summed E-state index contributed by atoms with van der Waals surface area (Å²) in [6, 6.07) is 28.6. The van der Waals surface area contributed by atoms with Crippen LogP contribution in [0.3, 0.4) is 0 Å². The van der Waals surface area contributed by atoms with Crippen molar-refractivity contribution >= 4 is 36.1 Å². The number of carbonyl (C=O) groups is 6. The molecule has 0 saturated heterocycles. The second-order valence-corrected chi connectivity index (χ2v) is 13.1. The van der Waals surface area contributed by atoms with Crippen LogP contribution in [0.4, 0.5) is 14.4 Å². The van der Waals surface area contributed by atoms with Crippen LogP contribution in [0.25, 0.3) is 0 Å². The molecule has 0 aromatic heterocycles. The Hall–Kier alpha value is -6.90. The third-order valence-corrected chi connectivity index (χ3v) is 8.09. The second-order valence-electron chi connectivity index (χ2n) is 13.1. The van der Waals surface area contributed by atoms with Crippen LogP contribution in [0.15, 0.2) is 109 Å². The van der Waals surface area contributed by atoms with E-state index in [2.05, 4.69) is 10.6 Å². The fraction of sp³-hybridized carbons (Fsp3) is 0.286. The Bertz CT molecular complexity index is 1960. The van der Waals surface area contributed by atoms with Gasteiger partial charge in [0.15, 0.2) is 11.5 Å². The lowest BCUT2D eigenvalue weighted by Gasteiger charge is -2.21. The molecule has 4 aromatic carbocycles. The predicted octanol–water partition coefficient (Wildman–Crippen LogP) is 5.40. The molecule has 2 N–H and O–H groups in total. The molecular weight excluding hydrogens is 736 g/mol. The number of hydrogen-bond donors (Lipinski definition) is 2. The van der Waals surface area contributed by atoms with Gasteiger partial charge in [-0.3, -0.25) is 4.79 Å². The first-order valence-corrected chi connectivity index (χ1v) is 18.0. The maximum absolute atomic E-state index is 13.5. The molecule has 0 spiro atoms. The molecule has 0 saturated carbocycles. The number of hydrogen-bond acceptors (Lipinski definition) is 11. The van der Waals surface area contributed by atoms with E-state index in [0.29, 0.717) is 11.1 Å². The summed E-state index contributed by atoms with van der Waals surface area (Å²) in [4.78, 5) is 80.3. The summed E-state index contributed by atoms with van der Waals surface area (Å²) in [6.07, 6.45) is -3.04. The summed E-state index contributed by atoms with van der Waals surface area (Å²) >= 11 is 0. The quantitative estimate of drug-likeness (QED) is 0.104. The third kappa shape index (κ3) is 14.7. The number of nitrogens with zero attached hydrogens (tertiary/aromatic N) is 2. The number of rotatable bonds is 17. The molecule has 4 aromatic rings. The van der Waals surface area contributed by atoms with Crippen LogP contribution in [-0.4, -0.2) is 86.2 Å². The maximum Gasteiger partial charge on any atom is 0.414 e. The number of alkyl carbamates (subject to hydrolysis) is 1. The molecule has 4 rings (SSSR count). The van der Waals surface area contributed by atoms with E-state index in [4.69, 9.17) is 23.7 Å². The molecule has 0 fully saturated rings. The molecule has 4 amide bonds. The van der Waals surface area contributed by atoms with Gasteiger partial charge in [0.05, 0.1) is 0 Å². The van der Waals surface area contributed by atoms with E-state index < -0.39 is 48.2 Å². The zero-order valence-electron chi connectivity index (χ0n) is 32.2. The van der Waals surface area contributed by atoms with Gasteiger partial charge >= 0.3 is 30.2 Å². The molecule has 0 heterocycles. The number of ether oxygens (including phenoxy) is 5. The van der Waals surface area contributed by atoms with Gasteiger partial charge in [-0.2, -0.15) is 0 Å². The molecular formula is C42H46N4O11. The lowest BCUT2D eigenvalue weighted by Crippen LogP contribution is -2.45. The molecule has 0 aliphatic heterocycles. The van der Waals surface area contributed by atoms with Crippen molar-refractivity contribution in [3.8, 4) is 11.5 Å². The van der Waals surface area contributed by atoms with Crippen LogP contribution in [0.1, 0.15) is 35.1 Å². The van der Waals surface area contributed by atoms with Gasteiger partial charge in [-0.1, -0.05) is 97.1 Å². The Balaban J connectivity index is 1.51. The Morgan fingerprint density at radius 2 is 0.982 bits per heavy atom. The summed E-state index contributed by atoms with van der Waals surface area (Å²) in [6.45, 7) is -0.209. The van der Waals surface area contributed by atoms with Crippen molar-refractivity contribution in [2.24, 2.45) is 0 Å². The number of carbonyl (C=O) groups excluding carboxylic acids is 6. The fourth-order valence-corrected chi connectivity index (χ4v) is 5.00. The van der Waals surface area contributed by atoms with Gasteiger partial charge < -0.3 is 44.1 Å². The van der Waals surface area contributed by atoms with Crippen LogP contribution in [0.2, 0.25) is 0 Å². The summed E-state index contributed by atoms with van der Waals surface area (Å²) in [7, 11) is 5.92. The first kappa shape index (κ1) is 42.8. The summed E-state index contributed by atoms with van der Waals surface area (Å²) in [5.74, 6) is -2.38. The zero-order valence-corrected chi connectivity index (χ0v) is 32.2. The van der Waals surface area contributed by atoms with Crippen molar-refractivity contribution in [1.82, 2.24) is 20.4 Å². The van der Waals surface area contributed by atoms with Crippen LogP contribution in [0.5, 0.6) is 11.5 Å². The molecule has 57 heavy (non-hydrogen) atoms. The smallest absolute Gasteiger partial charge is 0.414 e.